The summed E-state index contributed by atoms with van der Waals surface area (Å²) < 4.78 is 10.8. The first-order valence-corrected chi connectivity index (χ1v) is 7.45. The Morgan fingerprint density at radius 3 is 2.26 bits per heavy atom. The van der Waals surface area contributed by atoms with E-state index in [4.69, 9.17) is 9.47 Å². The highest BCUT2D eigenvalue weighted by Gasteiger charge is 2.52. The summed E-state index contributed by atoms with van der Waals surface area (Å²) in [5, 5.41) is 19.9. The van der Waals surface area contributed by atoms with Crippen molar-refractivity contribution >= 4 is 11.8 Å². The molecule has 5 atom stereocenters. The molecule has 1 fully saturated rings. The lowest BCUT2D eigenvalue weighted by Crippen LogP contribution is -2.63. The van der Waals surface area contributed by atoms with E-state index in [9.17, 15) is 19.8 Å². The normalized spacial score (nSPS) is 33.9. The summed E-state index contributed by atoms with van der Waals surface area (Å²) >= 11 is 0. The number of fused-ring (bicyclic) bond motifs is 1. The van der Waals surface area contributed by atoms with Crippen molar-refractivity contribution in [2.45, 2.75) is 31.5 Å². The highest BCUT2D eigenvalue weighted by atomic mass is 16.7. The minimum atomic E-state index is -1.06. The van der Waals surface area contributed by atoms with Gasteiger partial charge in [0.15, 0.2) is 6.29 Å². The van der Waals surface area contributed by atoms with Gasteiger partial charge in [-0.3, -0.25) is 14.5 Å². The third-order valence-electron chi connectivity index (χ3n) is 4.60. The van der Waals surface area contributed by atoms with E-state index in [1.54, 1.807) is 31.2 Å². The Hall–Kier alpha value is -1.80. The zero-order valence-corrected chi connectivity index (χ0v) is 12.9. The third kappa shape index (κ3) is 2.36. The van der Waals surface area contributed by atoms with E-state index in [1.165, 1.54) is 7.11 Å². The second-order valence-electron chi connectivity index (χ2n) is 5.83. The van der Waals surface area contributed by atoms with Crippen LogP contribution < -0.4 is 0 Å². The topological polar surface area (TPSA) is 96.3 Å². The lowest BCUT2D eigenvalue weighted by atomic mass is 9.88. The van der Waals surface area contributed by atoms with Gasteiger partial charge in [0.25, 0.3) is 11.8 Å². The molecule has 2 aliphatic rings. The summed E-state index contributed by atoms with van der Waals surface area (Å²) in [6, 6.07) is 5.55. The SMILES string of the molecule is CO[C@@H]1OC(CO)[C@@H](C)[C@H](O)C1N1C(=O)c2ccccc2C1=O. The van der Waals surface area contributed by atoms with E-state index in [1.807, 2.05) is 0 Å². The van der Waals surface area contributed by atoms with Gasteiger partial charge in [0.1, 0.15) is 6.04 Å². The maximum atomic E-state index is 12.6. The van der Waals surface area contributed by atoms with Gasteiger partial charge in [0, 0.05) is 13.0 Å². The van der Waals surface area contributed by atoms with Crippen molar-refractivity contribution < 1.29 is 29.3 Å². The van der Waals surface area contributed by atoms with Crippen LogP contribution in [0.3, 0.4) is 0 Å². The number of methoxy groups -OCH3 is 1. The number of rotatable bonds is 3. The van der Waals surface area contributed by atoms with E-state index in [2.05, 4.69) is 0 Å². The number of hydrogen-bond acceptors (Lipinski definition) is 6. The first-order chi connectivity index (χ1) is 11.0. The Kier molecular flexibility index (Phi) is 4.20. The molecule has 2 unspecified atom stereocenters. The first kappa shape index (κ1) is 16.1. The van der Waals surface area contributed by atoms with E-state index < -0.39 is 42.3 Å². The Balaban J connectivity index is 1.97. The molecule has 2 aliphatic heterocycles. The number of nitrogens with zero attached hydrogens (tertiary/aromatic N) is 1. The Morgan fingerprint density at radius 2 is 1.78 bits per heavy atom. The predicted octanol–water partition coefficient (Wildman–Crippen LogP) is 0.0118. The second kappa shape index (κ2) is 6.01. The molecule has 0 spiro atoms. The third-order valence-corrected chi connectivity index (χ3v) is 4.60. The van der Waals surface area contributed by atoms with E-state index in [0.29, 0.717) is 11.1 Å². The fourth-order valence-corrected chi connectivity index (χ4v) is 3.23. The molecule has 2 heterocycles. The Labute approximate surface area is 133 Å². The fourth-order valence-electron chi connectivity index (χ4n) is 3.23. The van der Waals surface area contributed by atoms with Gasteiger partial charge in [0.05, 0.1) is 29.9 Å². The Morgan fingerprint density at radius 1 is 1.22 bits per heavy atom. The number of imide groups is 1. The van der Waals surface area contributed by atoms with Gasteiger partial charge in [-0.15, -0.1) is 0 Å². The first-order valence-electron chi connectivity index (χ1n) is 7.45. The molecule has 2 N–H and O–H groups in total. The monoisotopic (exact) mass is 321 g/mol. The van der Waals surface area contributed by atoms with Crippen LogP contribution in [0.4, 0.5) is 0 Å². The predicted molar refractivity (Wildman–Crippen MR) is 78.7 cm³/mol. The highest BCUT2D eigenvalue weighted by Crippen LogP contribution is 2.34. The number of amides is 2. The van der Waals surface area contributed by atoms with Crippen LogP contribution in [0.5, 0.6) is 0 Å². The molecule has 1 aromatic rings. The molecule has 7 heteroatoms. The van der Waals surface area contributed by atoms with E-state index in [-0.39, 0.29) is 6.61 Å². The van der Waals surface area contributed by atoms with Crippen LogP contribution in [-0.2, 0) is 9.47 Å². The van der Waals surface area contributed by atoms with Crippen LogP contribution in [0.1, 0.15) is 27.6 Å². The number of carbonyl (C=O) groups excluding carboxylic acids is 2. The molecule has 1 aromatic carbocycles. The standard InChI is InChI=1S/C16H19NO6/c1-8-11(7-18)23-16(22-2)12(13(8)19)17-14(20)9-5-3-4-6-10(9)15(17)21/h3-6,8,11-13,16,18-19H,7H2,1-2H3/t8-,11?,12?,13+,16-/m1/s1. The summed E-state index contributed by atoms with van der Waals surface area (Å²) in [5.41, 5.74) is 0.605. The van der Waals surface area contributed by atoms with Crippen molar-refractivity contribution in [3.05, 3.63) is 35.4 Å². The number of carbonyl (C=O) groups is 2. The molecule has 124 valence electrons. The molecule has 7 nitrogen and oxygen atoms in total. The quantitative estimate of drug-likeness (QED) is 0.762. The molecular formula is C16H19NO6. The van der Waals surface area contributed by atoms with Crippen molar-refractivity contribution in [1.29, 1.82) is 0 Å². The summed E-state index contributed by atoms with van der Waals surface area (Å²) in [4.78, 5) is 26.2. The van der Waals surface area contributed by atoms with Gasteiger partial charge in [0.2, 0.25) is 0 Å². The average Bonchev–Trinajstić information content (AvgIpc) is 2.82. The van der Waals surface area contributed by atoms with Gasteiger partial charge in [-0.1, -0.05) is 19.1 Å². The second-order valence-corrected chi connectivity index (χ2v) is 5.83. The van der Waals surface area contributed by atoms with E-state index >= 15 is 0 Å². The molecule has 23 heavy (non-hydrogen) atoms. The summed E-state index contributed by atoms with van der Waals surface area (Å²) in [6.45, 7) is 1.41. The fraction of sp³-hybridized carbons (Fsp3) is 0.500. The maximum absolute atomic E-state index is 12.6. The molecule has 1 saturated heterocycles. The molecule has 0 saturated carbocycles. The number of benzene rings is 1. The minimum Gasteiger partial charge on any atom is -0.394 e. The maximum Gasteiger partial charge on any atom is 0.262 e. The van der Waals surface area contributed by atoms with Gasteiger partial charge in [-0.2, -0.15) is 0 Å². The van der Waals surface area contributed by atoms with Gasteiger partial charge in [-0.25, -0.2) is 0 Å². The molecule has 2 amide bonds. The van der Waals surface area contributed by atoms with Gasteiger partial charge >= 0.3 is 0 Å². The summed E-state index contributed by atoms with van der Waals surface area (Å²) in [6.07, 6.45) is -2.69. The zero-order chi connectivity index (χ0) is 16.7. The lowest BCUT2D eigenvalue weighted by Gasteiger charge is -2.45. The Bertz CT molecular complexity index is 596. The highest BCUT2D eigenvalue weighted by molar-refractivity contribution is 6.21. The largest absolute Gasteiger partial charge is 0.394 e. The van der Waals surface area contributed by atoms with Crippen LogP contribution in [0.15, 0.2) is 24.3 Å². The molecule has 0 radical (unpaired) electrons. The van der Waals surface area contributed by atoms with Crippen LogP contribution in [0, 0.1) is 5.92 Å². The van der Waals surface area contributed by atoms with Crippen molar-refractivity contribution in [2.75, 3.05) is 13.7 Å². The zero-order valence-electron chi connectivity index (χ0n) is 12.9. The van der Waals surface area contributed by atoms with Crippen molar-refractivity contribution in [2.24, 2.45) is 5.92 Å². The van der Waals surface area contributed by atoms with Crippen molar-refractivity contribution in [1.82, 2.24) is 4.90 Å². The summed E-state index contributed by atoms with van der Waals surface area (Å²) in [5.74, 6) is -1.41. The van der Waals surface area contributed by atoms with Crippen molar-refractivity contribution in [3.63, 3.8) is 0 Å². The minimum absolute atomic E-state index is 0.285. The molecule has 0 aromatic heterocycles. The molecule has 3 rings (SSSR count). The van der Waals surface area contributed by atoms with Crippen LogP contribution in [0.2, 0.25) is 0 Å². The van der Waals surface area contributed by atoms with Gasteiger partial charge < -0.3 is 19.7 Å². The van der Waals surface area contributed by atoms with Gasteiger partial charge in [-0.05, 0) is 12.1 Å². The van der Waals surface area contributed by atoms with Crippen molar-refractivity contribution in [3.8, 4) is 0 Å². The molecule has 0 bridgehead atoms. The summed E-state index contributed by atoms with van der Waals surface area (Å²) in [7, 11) is 1.37. The lowest BCUT2D eigenvalue weighted by molar-refractivity contribution is -0.256. The molecular weight excluding hydrogens is 302 g/mol. The van der Waals surface area contributed by atoms with Crippen LogP contribution >= 0.6 is 0 Å². The van der Waals surface area contributed by atoms with Crippen LogP contribution in [0.25, 0.3) is 0 Å². The average molecular weight is 321 g/mol. The van der Waals surface area contributed by atoms with E-state index in [0.717, 1.165) is 4.90 Å². The van der Waals surface area contributed by atoms with Crippen LogP contribution in [-0.4, -0.2) is 65.2 Å². The molecule has 0 aliphatic carbocycles. The number of ether oxygens (including phenoxy) is 2. The number of hydrogen-bond donors (Lipinski definition) is 2. The smallest absolute Gasteiger partial charge is 0.262 e. The number of aliphatic hydroxyl groups excluding tert-OH is 2. The number of aliphatic hydroxyl groups is 2.